The van der Waals surface area contributed by atoms with Crippen LogP contribution in [0.15, 0.2) is 47.9 Å². The van der Waals surface area contributed by atoms with E-state index in [1.165, 1.54) is 5.56 Å². The van der Waals surface area contributed by atoms with Crippen LogP contribution in [0.3, 0.4) is 0 Å². The summed E-state index contributed by atoms with van der Waals surface area (Å²) in [5.41, 5.74) is 2.33. The molecule has 1 amide bonds. The minimum atomic E-state index is 0.114. The zero-order chi connectivity index (χ0) is 18.6. The van der Waals surface area contributed by atoms with Gasteiger partial charge in [0.2, 0.25) is 5.91 Å². The summed E-state index contributed by atoms with van der Waals surface area (Å²) < 4.78 is 0. The summed E-state index contributed by atoms with van der Waals surface area (Å²) in [6.45, 7) is 5.41. The Balaban J connectivity index is 1.44. The van der Waals surface area contributed by atoms with E-state index in [0.29, 0.717) is 11.9 Å². The Morgan fingerprint density at radius 2 is 1.81 bits per heavy atom. The molecule has 5 rings (SSSR count). The molecule has 4 heterocycles. The van der Waals surface area contributed by atoms with Crippen LogP contribution in [-0.4, -0.2) is 50.6 Å². The lowest BCUT2D eigenvalue weighted by Crippen LogP contribution is -2.47. The summed E-state index contributed by atoms with van der Waals surface area (Å²) >= 11 is 1.66. The molecule has 0 aliphatic carbocycles. The van der Waals surface area contributed by atoms with E-state index < -0.39 is 0 Å². The molecule has 3 saturated heterocycles. The minimum Gasteiger partial charge on any atom is -0.334 e. The first kappa shape index (κ1) is 18.4. The molecule has 3 fully saturated rings. The lowest BCUT2D eigenvalue weighted by Gasteiger charge is -2.36. The maximum atomic E-state index is 13.0. The molecule has 2 atom stereocenters. The topological polar surface area (TPSA) is 49.3 Å². The highest BCUT2D eigenvalue weighted by Crippen LogP contribution is 2.31. The van der Waals surface area contributed by atoms with Crippen molar-refractivity contribution >= 4 is 17.7 Å². The molecule has 5 nitrogen and oxygen atoms in total. The van der Waals surface area contributed by atoms with E-state index in [1.807, 2.05) is 30.6 Å². The van der Waals surface area contributed by atoms with Crippen molar-refractivity contribution in [1.29, 1.82) is 0 Å². The molecule has 0 N–H and O–H groups in total. The lowest BCUT2D eigenvalue weighted by molar-refractivity contribution is -0.140. The van der Waals surface area contributed by atoms with E-state index in [4.69, 9.17) is 0 Å². The Kier molecular flexibility index (Phi) is 5.74. The van der Waals surface area contributed by atoms with Gasteiger partial charge in [-0.05, 0) is 24.2 Å². The molecule has 1 aromatic heterocycles. The highest BCUT2D eigenvalue weighted by atomic mass is 32.2. The summed E-state index contributed by atoms with van der Waals surface area (Å²) in [6.07, 6.45) is 5.97. The Labute approximate surface area is 165 Å². The number of piperidine rings is 1. The molecule has 0 radical (unpaired) electrons. The predicted octanol–water partition coefficient (Wildman–Crippen LogP) is 3.21. The third kappa shape index (κ3) is 4.33. The van der Waals surface area contributed by atoms with E-state index in [9.17, 15) is 4.79 Å². The third-order valence-electron chi connectivity index (χ3n) is 5.43. The van der Waals surface area contributed by atoms with E-state index in [-0.39, 0.29) is 5.92 Å². The molecule has 27 heavy (non-hydrogen) atoms. The molecule has 142 valence electrons. The first-order chi connectivity index (χ1) is 13.2. The maximum absolute atomic E-state index is 13.0. The normalized spacial score (nSPS) is 22.9. The Morgan fingerprint density at radius 1 is 1.04 bits per heavy atom. The Morgan fingerprint density at radius 3 is 2.56 bits per heavy atom. The van der Waals surface area contributed by atoms with Gasteiger partial charge in [0.15, 0.2) is 5.16 Å². The number of aromatic nitrogens is 2. The smallest absolute Gasteiger partial charge is 0.227 e. The summed E-state index contributed by atoms with van der Waals surface area (Å²) in [4.78, 5) is 26.4. The molecule has 2 aromatic rings. The van der Waals surface area contributed by atoms with E-state index in [2.05, 4.69) is 38.8 Å². The van der Waals surface area contributed by atoms with Crippen LogP contribution in [0.1, 0.15) is 30.9 Å². The van der Waals surface area contributed by atoms with Gasteiger partial charge < -0.3 is 4.90 Å². The van der Waals surface area contributed by atoms with Crippen molar-refractivity contribution in [3.8, 4) is 0 Å². The van der Waals surface area contributed by atoms with E-state index >= 15 is 0 Å². The molecule has 6 heteroatoms. The second-order valence-electron chi connectivity index (χ2n) is 7.38. The first-order valence-electron chi connectivity index (χ1n) is 9.73. The standard InChI is InChI=1S/C21H26N4OS/c1-2-27-21-22-10-17(11-23-21)12-24-14-18-8-9-19(15-24)25(20(18)26)13-16-6-4-3-5-7-16/h3-7,10-11,18-19H,2,8-9,12-15H2,1H3/t18-,19+/m1/s1. The molecular formula is C21H26N4OS. The van der Waals surface area contributed by atoms with Crippen molar-refractivity contribution in [2.45, 2.75) is 44.1 Å². The average Bonchev–Trinajstić information content (AvgIpc) is 2.96. The van der Waals surface area contributed by atoms with Gasteiger partial charge in [-0.1, -0.05) is 49.0 Å². The van der Waals surface area contributed by atoms with Crippen LogP contribution in [0.4, 0.5) is 0 Å². The second kappa shape index (κ2) is 8.40. The largest absolute Gasteiger partial charge is 0.334 e. The van der Waals surface area contributed by atoms with Gasteiger partial charge in [-0.2, -0.15) is 0 Å². The van der Waals surface area contributed by atoms with Crippen molar-refractivity contribution in [2.24, 2.45) is 5.92 Å². The SMILES string of the molecule is CCSc1ncc(CN2C[C@H]3CC[C@@H](C2)N(Cc2ccccc2)C3=O)cn1. The van der Waals surface area contributed by atoms with Crippen molar-refractivity contribution in [2.75, 3.05) is 18.8 Å². The first-order valence-corrected chi connectivity index (χ1v) is 10.7. The van der Waals surface area contributed by atoms with Crippen molar-refractivity contribution in [3.05, 3.63) is 53.9 Å². The van der Waals surface area contributed by atoms with Crippen LogP contribution in [0, 0.1) is 5.92 Å². The van der Waals surface area contributed by atoms with Crippen LogP contribution in [0.5, 0.6) is 0 Å². The zero-order valence-electron chi connectivity index (χ0n) is 15.8. The molecular weight excluding hydrogens is 356 g/mol. The number of benzene rings is 1. The van der Waals surface area contributed by atoms with Crippen LogP contribution in [0.25, 0.3) is 0 Å². The molecule has 3 aliphatic rings. The second-order valence-corrected chi connectivity index (χ2v) is 8.61. The van der Waals surface area contributed by atoms with Crippen molar-refractivity contribution in [1.82, 2.24) is 19.8 Å². The fraction of sp³-hybridized carbons (Fsp3) is 0.476. The number of carbonyl (C=O) groups excluding carboxylic acids is 1. The summed E-state index contributed by atoms with van der Waals surface area (Å²) in [7, 11) is 0. The summed E-state index contributed by atoms with van der Waals surface area (Å²) in [6, 6.07) is 10.6. The summed E-state index contributed by atoms with van der Waals surface area (Å²) in [5, 5.41) is 0.835. The predicted molar refractivity (Wildman–Crippen MR) is 107 cm³/mol. The van der Waals surface area contributed by atoms with Crippen LogP contribution in [0.2, 0.25) is 0 Å². The quantitative estimate of drug-likeness (QED) is 0.567. The molecule has 2 bridgehead atoms. The molecule has 0 saturated carbocycles. The molecule has 3 aliphatic heterocycles. The van der Waals surface area contributed by atoms with Crippen LogP contribution < -0.4 is 0 Å². The number of thioether (sulfide) groups is 1. The highest BCUT2D eigenvalue weighted by Gasteiger charge is 2.40. The number of amides is 1. The van der Waals surface area contributed by atoms with Gasteiger partial charge in [-0.25, -0.2) is 9.97 Å². The fourth-order valence-corrected chi connectivity index (χ4v) is 4.65. The van der Waals surface area contributed by atoms with Gasteiger partial charge in [0, 0.05) is 50.2 Å². The number of hydrogen-bond acceptors (Lipinski definition) is 5. The molecule has 0 unspecified atom stereocenters. The van der Waals surface area contributed by atoms with Crippen molar-refractivity contribution < 1.29 is 4.79 Å². The van der Waals surface area contributed by atoms with Gasteiger partial charge >= 0.3 is 0 Å². The van der Waals surface area contributed by atoms with E-state index in [0.717, 1.165) is 55.5 Å². The van der Waals surface area contributed by atoms with E-state index in [1.54, 1.807) is 11.8 Å². The van der Waals surface area contributed by atoms with Gasteiger partial charge in [0.05, 0.1) is 5.92 Å². The minimum absolute atomic E-state index is 0.114. The summed E-state index contributed by atoms with van der Waals surface area (Å²) in [5.74, 6) is 1.42. The number of fused-ring (bicyclic) bond motifs is 4. The number of nitrogens with zero attached hydrogens (tertiary/aromatic N) is 4. The van der Waals surface area contributed by atoms with Crippen LogP contribution in [-0.2, 0) is 17.9 Å². The maximum Gasteiger partial charge on any atom is 0.227 e. The Bertz CT molecular complexity index is 768. The molecule has 0 spiro atoms. The van der Waals surface area contributed by atoms with Crippen LogP contribution >= 0.6 is 11.8 Å². The Hall–Kier alpha value is -1.92. The van der Waals surface area contributed by atoms with Crippen molar-refractivity contribution in [3.63, 3.8) is 0 Å². The average molecular weight is 383 g/mol. The van der Waals surface area contributed by atoms with Gasteiger partial charge in [-0.3, -0.25) is 9.69 Å². The van der Waals surface area contributed by atoms with Gasteiger partial charge in [-0.15, -0.1) is 0 Å². The fourth-order valence-electron chi connectivity index (χ4n) is 4.13. The highest BCUT2D eigenvalue weighted by molar-refractivity contribution is 7.99. The number of carbonyl (C=O) groups is 1. The third-order valence-corrected chi connectivity index (χ3v) is 6.18. The monoisotopic (exact) mass is 382 g/mol. The number of rotatable bonds is 6. The number of hydrogen-bond donors (Lipinski definition) is 0. The zero-order valence-corrected chi connectivity index (χ0v) is 16.6. The molecule has 1 aromatic carbocycles. The van der Waals surface area contributed by atoms with Gasteiger partial charge in [0.25, 0.3) is 0 Å². The van der Waals surface area contributed by atoms with Gasteiger partial charge in [0.1, 0.15) is 0 Å². The lowest BCUT2D eigenvalue weighted by atomic mass is 9.93.